The molecular weight excluding hydrogens is 411 g/mol. The molecule has 7 heteroatoms. The monoisotopic (exact) mass is 436 g/mol. The van der Waals surface area contributed by atoms with Gasteiger partial charge in [0.25, 0.3) is 5.91 Å². The number of carbonyl (C=O) groups is 2. The van der Waals surface area contributed by atoms with Gasteiger partial charge in [-0.05, 0) is 61.2 Å². The van der Waals surface area contributed by atoms with Gasteiger partial charge in [-0.1, -0.05) is 42.3 Å². The van der Waals surface area contributed by atoms with Gasteiger partial charge in [0.05, 0.1) is 0 Å². The maximum absolute atomic E-state index is 13.0. The van der Waals surface area contributed by atoms with Gasteiger partial charge in [-0.25, -0.2) is 0 Å². The van der Waals surface area contributed by atoms with Crippen molar-refractivity contribution in [2.24, 2.45) is 0 Å². The van der Waals surface area contributed by atoms with Crippen LogP contribution in [0.3, 0.4) is 0 Å². The van der Waals surface area contributed by atoms with Crippen LogP contribution in [-0.2, 0) is 16.1 Å². The molecule has 0 fully saturated rings. The van der Waals surface area contributed by atoms with Crippen molar-refractivity contribution in [3.63, 3.8) is 0 Å². The van der Waals surface area contributed by atoms with Crippen molar-refractivity contribution in [2.75, 3.05) is 13.7 Å². The highest BCUT2D eigenvalue weighted by atomic mass is 35.5. The van der Waals surface area contributed by atoms with Crippen molar-refractivity contribution in [3.05, 3.63) is 63.1 Å². The lowest BCUT2D eigenvalue weighted by Gasteiger charge is -2.30. The molecule has 2 amide bonds. The summed E-state index contributed by atoms with van der Waals surface area (Å²) in [6.07, 6.45) is 0.484. The van der Waals surface area contributed by atoms with Gasteiger partial charge in [-0.2, -0.15) is 0 Å². The molecule has 0 saturated carbocycles. The van der Waals surface area contributed by atoms with E-state index in [0.717, 1.165) is 16.7 Å². The molecule has 1 N–H and O–H groups in total. The number of halogens is 2. The Kier molecular flexibility index (Phi) is 8.35. The SMILES string of the molecule is CC[C@@H](C(=O)NC)N(Cc1ccc(Cl)cc1)C(=O)COc1cc(C)c(Cl)c(C)c1. The minimum Gasteiger partial charge on any atom is -0.484 e. The Morgan fingerprint density at radius 1 is 1.10 bits per heavy atom. The molecule has 0 aliphatic rings. The second kappa shape index (κ2) is 10.5. The van der Waals surface area contributed by atoms with E-state index in [-0.39, 0.29) is 25.0 Å². The molecule has 0 aliphatic heterocycles. The number of amides is 2. The molecular formula is C22H26Cl2N2O3. The number of ether oxygens (including phenoxy) is 1. The molecule has 0 unspecified atom stereocenters. The van der Waals surface area contributed by atoms with Crippen LogP contribution >= 0.6 is 23.2 Å². The predicted octanol–water partition coefficient (Wildman–Crippen LogP) is 4.54. The third-order valence-corrected chi connectivity index (χ3v) is 5.52. The summed E-state index contributed by atoms with van der Waals surface area (Å²) in [7, 11) is 1.56. The van der Waals surface area contributed by atoms with Crippen LogP contribution in [0.25, 0.3) is 0 Å². The van der Waals surface area contributed by atoms with E-state index in [9.17, 15) is 9.59 Å². The lowest BCUT2D eigenvalue weighted by molar-refractivity contribution is -0.142. The van der Waals surface area contributed by atoms with Gasteiger partial charge in [-0.15, -0.1) is 0 Å². The number of carbonyl (C=O) groups excluding carboxylic acids is 2. The van der Waals surface area contributed by atoms with Crippen LogP contribution in [-0.4, -0.2) is 36.4 Å². The Labute approximate surface area is 181 Å². The number of nitrogens with one attached hydrogen (secondary N) is 1. The third kappa shape index (κ3) is 6.12. The predicted molar refractivity (Wildman–Crippen MR) is 117 cm³/mol. The number of nitrogens with zero attached hydrogens (tertiary/aromatic N) is 1. The van der Waals surface area contributed by atoms with Gasteiger partial charge in [0.1, 0.15) is 11.8 Å². The van der Waals surface area contributed by atoms with Crippen LogP contribution in [0.5, 0.6) is 5.75 Å². The van der Waals surface area contributed by atoms with Gasteiger partial charge >= 0.3 is 0 Å². The molecule has 2 rings (SSSR count). The van der Waals surface area contributed by atoms with Crippen LogP contribution in [0.2, 0.25) is 10.0 Å². The maximum Gasteiger partial charge on any atom is 0.261 e. The molecule has 0 heterocycles. The molecule has 0 spiro atoms. The Hall–Kier alpha value is -2.24. The van der Waals surface area contributed by atoms with Crippen molar-refractivity contribution in [1.29, 1.82) is 0 Å². The van der Waals surface area contributed by atoms with Crippen LogP contribution in [0, 0.1) is 13.8 Å². The highest BCUT2D eigenvalue weighted by Crippen LogP contribution is 2.26. The highest BCUT2D eigenvalue weighted by Gasteiger charge is 2.28. The minimum atomic E-state index is -0.597. The normalized spacial score (nSPS) is 11.7. The summed E-state index contributed by atoms with van der Waals surface area (Å²) in [5.74, 6) is 0.0748. The Balaban J connectivity index is 2.21. The van der Waals surface area contributed by atoms with Crippen LogP contribution in [0.4, 0.5) is 0 Å². The smallest absolute Gasteiger partial charge is 0.261 e. The zero-order valence-electron chi connectivity index (χ0n) is 17.1. The summed E-state index contributed by atoms with van der Waals surface area (Å²) in [4.78, 5) is 26.9. The fourth-order valence-electron chi connectivity index (χ4n) is 3.09. The Morgan fingerprint density at radius 2 is 1.69 bits per heavy atom. The number of rotatable bonds is 8. The zero-order chi connectivity index (χ0) is 21.6. The van der Waals surface area contributed by atoms with Crippen molar-refractivity contribution in [1.82, 2.24) is 10.2 Å². The topological polar surface area (TPSA) is 58.6 Å². The third-order valence-electron chi connectivity index (χ3n) is 4.67. The Bertz CT molecular complexity index is 846. The largest absolute Gasteiger partial charge is 0.484 e. The summed E-state index contributed by atoms with van der Waals surface area (Å²) in [6, 6.07) is 10.2. The van der Waals surface area contributed by atoms with Crippen LogP contribution in [0.15, 0.2) is 36.4 Å². The number of hydrogen-bond donors (Lipinski definition) is 1. The number of benzene rings is 2. The summed E-state index contributed by atoms with van der Waals surface area (Å²) in [5, 5.41) is 3.92. The minimum absolute atomic E-state index is 0.179. The lowest BCUT2D eigenvalue weighted by atomic mass is 10.1. The molecule has 29 heavy (non-hydrogen) atoms. The van der Waals surface area contributed by atoms with E-state index in [1.54, 1.807) is 31.3 Å². The first kappa shape index (κ1) is 23.0. The average Bonchev–Trinajstić information content (AvgIpc) is 2.71. The van der Waals surface area contributed by atoms with E-state index in [1.807, 2.05) is 32.9 Å². The van der Waals surface area contributed by atoms with Crippen molar-refractivity contribution < 1.29 is 14.3 Å². The van der Waals surface area contributed by atoms with E-state index in [1.165, 1.54) is 4.90 Å². The van der Waals surface area contributed by atoms with Gasteiger partial charge in [0.15, 0.2) is 6.61 Å². The van der Waals surface area contributed by atoms with Gasteiger partial charge in [0.2, 0.25) is 5.91 Å². The fourth-order valence-corrected chi connectivity index (χ4v) is 3.33. The van der Waals surface area contributed by atoms with Crippen LogP contribution in [0.1, 0.15) is 30.0 Å². The first-order valence-corrected chi connectivity index (χ1v) is 10.2. The average molecular weight is 437 g/mol. The molecule has 0 saturated heterocycles. The van der Waals surface area contributed by atoms with E-state index in [0.29, 0.717) is 22.2 Å². The summed E-state index contributed by atoms with van der Waals surface area (Å²) in [5.41, 5.74) is 2.64. The second-order valence-electron chi connectivity index (χ2n) is 6.85. The van der Waals surface area contributed by atoms with Gasteiger partial charge in [0, 0.05) is 23.6 Å². The van der Waals surface area contributed by atoms with Crippen molar-refractivity contribution in [3.8, 4) is 5.75 Å². The lowest BCUT2D eigenvalue weighted by Crippen LogP contribution is -2.49. The summed E-state index contributed by atoms with van der Waals surface area (Å²) in [6.45, 7) is 5.74. The van der Waals surface area contributed by atoms with Gasteiger partial charge < -0.3 is 15.0 Å². The van der Waals surface area contributed by atoms with Crippen LogP contribution < -0.4 is 10.1 Å². The van der Waals surface area contributed by atoms with E-state index < -0.39 is 6.04 Å². The highest BCUT2D eigenvalue weighted by molar-refractivity contribution is 6.32. The molecule has 0 radical (unpaired) electrons. The molecule has 0 aliphatic carbocycles. The molecule has 156 valence electrons. The zero-order valence-corrected chi connectivity index (χ0v) is 18.6. The van der Waals surface area contributed by atoms with Gasteiger partial charge in [-0.3, -0.25) is 9.59 Å². The molecule has 2 aromatic rings. The van der Waals surface area contributed by atoms with E-state index in [2.05, 4.69) is 5.32 Å². The molecule has 0 aromatic heterocycles. The first-order valence-electron chi connectivity index (χ1n) is 9.41. The maximum atomic E-state index is 13.0. The molecule has 1 atom stereocenters. The molecule has 5 nitrogen and oxygen atoms in total. The first-order chi connectivity index (χ1) is 13.8. The quantitative estimate of drug-likeness (QED) is 0.660. The Morgan fingerprint density at radius 3 is 2.21 bits per heavy atom. The van der Waals surface area contributed by atoms with Crippen molar-refractivity contribution in [2.45, 2.75) is 39.8 Å². The molecule has 2 aromatic carbocycles. The molecule has 0 bridgehead atoms. The number of likely N-dealkylation sites (N-methyl/N-ethyl adjacent to an activating group) is 1. The van der Waals surface area contributed by atoms with E-state index >= 15 is 0 Å². The summed E-state index contributed by atoms with van der Waals surface area (Å²) < 4.78 is 5.73. The number of aryl methyl sites for hydroxylation is 2. The van der Waals surface area contributed by atoms with E-state index in [4.69, 9.17) is 27.9 Å². The second-order valence-corrected chi connectivity index (χ2v) is 7.66. The number of hydrogen-bond acceptors (Lipinski definition) is 3. The summed E-state index contributed by atoms with van der Waals surface area (Å²) >= 11 is 12.1. The van der Waals surface area contributed by atoms with Crippen molar-refractivity contribution >= 4 is 35.0 Å². The fraction of sp³-hybridized carbons (Fsp3) is 0.364. The standard InChI is InChI=1S/C22H26Cl2N2O3/c1-5-19(22(28)25-4)26(12-16-6-8-17(23)9-7-16)20(27)13-29-18-10-14(2)21(24)15(3)11-18/h6-11,19H,5,12-13H2,1-4H3,(H,25,28)/t19-/m0/s1.